The second-order valence-corrected chi connectivity index (χ2v) is 12.6. The molecule has 2 N–H and O–H groups in total. The van der Waals surface area contributed by atoms with Gasteiger partial charge in [0.2, 0.25) is 0 Å². The van der Waals surface area contributed by atoms with Crippen molar-refractivity contribution in [1.29, 1.82) is 0 Å². The van der Waals surface area contributed by atoms with Gasteiger partial charge in [-0.1, -0.05) is 183 Å². The van der Waals surface area contributed by atoms with Crippen molar-refractivity contribution in [2.24, 2.45) is 0 Å². The Morgan fingerprint density at radius 2 is 0.840 bits per heavy atom. The van der Waals surface area contributed by atoms with Crippen molar-refractivity contribution in [2.45, 2.75) is 42.9 Å². The molecule has 250 valence electrons. The second-order valence-electron chi connectivity index (χ2n) is 12.6. The van der Waals surface area contributed by atoms with Crippen LogP contribution in [0.3, 0.4) is 0 Å². The molecule has 0 radical (unpaired) electrons. The Bertz CT molecular complexity index is 1790. The maximum atomic E-state index is 13.1. The van der Waals surface area contributed by atoms with E-state index in [9.17, 15) is 10.2 Å². The average molecular weight is 661 g/mol. The number of hydrogen-bond donors (Lipinski definition) is 2. The fraction of sp³-hybridized carbons (Fsp3) is 0.156. The van der Waals surface area contributed by atoms with E-state index in [2.05, 4.69) is 6.58 Å². The molecule has 1 aliphatic heterocycles. The minimum Gasteiger partial charge on any atom is -0.378 e. The van der Waals surface area contributed by atoms with Gasteiger partial charge in [-0.05, 0) is 38.9 Å². The maximum absolute atomic E-state index is 13.1. The summed E-state index contributed by atoms with van der Waals surface area (Å²) in [5.74, 6) is 0. The summed E-state index contributed by atoms with van der Waals surface area (Å²) >= 11 is 0. The van der Waals surface area contributed by atoms with Crippen molar-refractivity contribution in [1.82, 2.24) is 0 Å². The summed E-state index contributed by atoms with van der Waals surface area (Å²) in [4.78, 5) is 0. The van der Waals surface area contributed by atoms with E-state index >= 15 is 0 Å². The minimum absolute atomic E-state index is 0.435. The summed E-state index contributed by atoms with van der Waals surface area (Å²) in [7, 11) is 0. The molecular weight excluding hydrogens is 620 g/mol. The number of rotatable bonds is 12. The maximum Gasteiger partial charge on any atom is 0.185 e. The predicted molar refractivity (Wildman–Crippen MR) is 196 cm³/mol. The fourth-order valence-corrected chi connectivity index (χ4v) is 6.80. The van der Waals surface area contributed by atoms with Crippen molar-refractivity contribution < 1.29 is 24.4 Å². The topological polar surface area (TPSA) is 68.2 Å². The first-order valence-corrected chi connectivity index (χ1v) is 16.9. The van der Waals surface area contributed by atoms with Crippen LogP contribution in [-0.4, -0.2) is 22.4 Å². The average Bonchev–Trinajstić information content (AvgIpc) is 3.66. The Hall–Kier alpha value is -5.14. The third-order valence-corrected chi connectivity index (χ3v) is 9.50. The second kappa shape index (κ2) is 14.8. The van der Waals surface area contributed by atoms with Crippen molar-refractivity contribution >= 4 is 6.08 Å². The summed E-state index contributed by atoms with van der Waals surface area (Å²) in [5, 5.41) is 26.1. The van der Waals surface area contributed by atoms with E-state index in [1.807, 2.05) is 176 Å². The molecule has 6 aromatic carbocycles. The van der Waals surface area contributed by atoms with Crippen LogP contribution in [0.1, 0.15) is 50.8 Å². The lowest BCUT2D eigenvalue weighted by atomic mass is 9.72. The molecule has 5 heteroatoms. The predicted octanol–water partition coefficient (Wildman–Crippen LogP) is 8.70. The molecule has 6 aromatic rings. The molecule has 0 saturated carbocycles. The molecule has 0 spiro atoms. The van der Waals surface area contributed by atoms with E-state index in [4.69, 9.17) is 14.2 Å². The van der Waals surface area contributed by atoms with E-state index in [0.29, 0.717) is 35.5 Å². The molecule has 0 amide bonds. The van der Waals surface area contributed by atoms with E-state index in [1.165, 1.54) is 0 Å². The molecular formula is C45H40O5. The van der Waals surface area contributed by atoms with Crippen LogP contribution in [0.5, 0.6) is 0 Å². The lowest BCUT2D eigenvalue weighted by Crippen LogP contribution is -2.54. The van der Waals surface area contributed by atoms with Gasteiger partial charge in [-0.3, -0.25) is 0 Å². The molecule has 50 heavy (non-hydrogen) atoms. The van der Waals surface area contributed by atoms with Gasteiger partial charge in [0, 0.05) is 5.56 Å². The Balaban J connectivity index is 1.25. The molecule has 0 aromatic heterocycles. The highest BCUT2D eigenvalue weighted by atomic mass is 16.7. The van der Waals surface area contributed by atoms with E-state index < -0.39 is 29.7 Å². The first kappa shape index (κ1) is 33.4. The van der Waals surface area contributed by atoms with Gasteiger partial charge in [-0.25, -0.2) is 0 Å². The van der Waals surface area contributed by atoms with Crippen LogP contribution in [0.2, 0.25) is 0 Å². The lowest BCUT2D eigenvalue weighted by Gasteiger charge is -2.42. The molecule has 0 aliphatic carbocycles. The largest absolute Gasteiger partial charge is 0.378 e. The van der Waals surface area contributed by atoms with E-state index in [1.54, 1.807) is 0 Å². The molecule has 1 aliphatic rings. The lowest BCUT2D eigenvalue weighted by molar-refractivity contribution is -0.110. The third kappa shape index (κ3) is 6.58. The highest BCUT2D eigenvalue weighted by Gasteiger charge is 2.59. The van der Waals surface area contributed by atoms with Crippen molar-refractivity contribution in [3.63, 3.8) is 0 Å². The van der Waals surface area contributed by atoms with Crippen LogP contribution in [-0.2, 0) is 38.6 Å². The van der Waals surface area contributed by atoms with Gasteiger partial charge >= 0.3 is 0 Å². The fourth-order valence-electron chi connectivity index (χ4n) is 6.80. The van der Waals surface area contributed by atoms with Crippen molar-refractivity contribution in [3.8, 4) is 0 Å². The smallest absolute Gasteiger partial charge is 0.185 e. The molecule has 1 heterocycles. The van der Waals surface area contributed by atoms with E-state index in [0.717, 1.165) is 22.3 Å². The molecule has 5 nitrogen and oxygen atoms in total. The van der Waals surface area contributed by atoms with E-state index in [-0.39, 0.29) is 0 Å². The first-order valence-electron chi connectivity index (χ1n) is 16.9. The Morgan fingerprint density at radius 1 is 0.500 bits per heavy atom. The quantitative estimate of drug-likeness (QED) is 0.138. The minimum atomic E-state index is -1.70. The molecule has 7 rings (SSSR count). The summed E-state index contributed by atoms with van der Waals surface area (Å²) in [6, 6.07) is 53.9. The molecule has 1 fully saturated rings. The van der Waals surface area contributed by atoms with Gasteiger partial charge in [-0.15, -0.1) is 0 Å². The van der Waals surface area contributed by atoms with Gasteiger partial charge in [0.1, 0.15) is 23.4 Å². The number of hydrogen-bond acceptors (Lipinski definition) is 5. The standard InChI is InChI=1S/C45H40O5/c1-2-33-23-25-34(26-24-33)31-48-32-35-27-29-36(30-28-35)43-49-41(44(46,37-15-7-3-8-16-37)38-17-9-4-10-18-38)42(50-43)45(47,39-19-11-5-12-20-39)40-21-13-6-14-22-40/h2-30,41-43,46-47H,1,31-32H2/t41-,42-/m1/s1. The summed E-state index contributed by atoms with van der Waals surface area (Å²) in [5.41, 5.74) is 3.02. The van der Waals surface area contributed by atoms with Crippen LogP contribution in [0.15, 0.2) is 176 Å². The SMILES string of the molecule is C=Cc1ccc(COCc2ccc(C3O[C@@H](C(O)(c4ccccc4)c4ccccc4)[C@H](C(O)(c4ccccc4)c4ccccc4)O3)cc2)cc1. The highest BCUT2D eigenvalue weighted by Crippen LogP contribution is 2.50. The number of ether oxygens (including phenoxy) is 3. The Labute approximate surface area is 293 Å². The third-order valence-electron chi connectivity index (χ3n) is 9.50. The van der Waals surface area contributed by atoms with Crippen molar-refractivity contribution in [2.75, 3.05) is 0 Å². The highest BCUT2D eigenvalue weighted by molar-refractivity contribution is 5.47. The zero-order valence-corrected chi connectivity index (χ0v) is 27.7. The number of aliphatic hydroxyl groups is 2. The molecule has 1 saturated heterocycles. The van der Waals surface area contributed by atoms with Gasteiger partial charge in [0.15, 0.2) is 6.29 Å². The normalized spacial score (nSPS) is 16.7. The van der Waals surface area contributed by atoms with Crippen LogP contribution < -0.4 is 0 Å². The Kier molecular flexibility index (Phi) is 9.85. The van der Waals surface area contributed by atoms with Gasteiger partial charge in [0.25, 0.3) is 0 Å². The Morgan fingerprint density at radius 3 is 1.18 bits per heavy atom. The summed E-state index contributed by atoms with van der Waals surface area (Å²) < 4.78 is 19.7. The van der Waals surface area contributed by atoms with Crippen LogP contribution in [0, 0.1) is 0 Å². The summed E-state index contributed by atoms with van der Waals surface area (Å²) in [6.45, 7) is 4.74. The number of benzene rings is 6. The van der Waals surface area contributed by atoms with Crippen LogP contribution in [0.25, 0.3) is 6.08 Å². The van der Waals surface area contributed by atoms with Gasteiger partial charge < -0.3 is 24.4 Å². The molecule has 0 bridgehead atoms. The molecule has 2 atom stereocenters. The zero-order valence-electron chi connectivity index (χ0n) is 27.7. The van der Waals surface area contributed by atoms with Crippen LogP contribution >= 0.6 is 0 Å². The van der Waals surface area contributed by atoms with Crippen LogP contribution in [0.4, 0.5) is 0 Å². The van der Waals surface area contributed by atoms with Gasteiger partial charge in [-0.2, -0.15) is 0 Å². The summed E-state index contributed by atoms with van der Waals surface area (Å²) in [6.07, 6.45) is -1.15. The monoisotopic (exact) mass is 660 g/mol. The van der Waals surface area contributed by atoms with Crippen molar-refractivity contribution in [3.05, 3.63) is 221 Å². The van der Waals surface area contributed by atoms with Gasteiger partial charge in [0.05, 0.1) is 13.2 Å². The first-order chi connectivity index (χ1) is 24.5. The molecule has 0 unspecified atom stereocenters. The zero-order chi connectivity index (χ0) is 34.4.